The van der Waals surface area contributed by atoms with E-state index < -0.39 is 0 Å². The first-order chi connectivity index (χ1) is 10.1. The number of hydrogen-bond donors (Lipinski definition) is 0. The molecule has 0 saturated heterocycles. The predicted octanol–water partition coefficient (Wildman–Crippen LogP) is 5.53. The Balaban J connectivity index is 2.35. The predicted molar refractivity (Wildman–Crippen MR) is 88.5 cm³/mol. The Bertz CT molecular complexity index is 830. The summed E-state index contributed by atoms with van der Waals surface area (Å²) in [4.78, 5) is 4.65. The number of hydrogen-bond acceptors (Lipinski definition) is 2. The van der Waals surface area contributed by atoms with Gasteiger partial charge in [-0.2, -0.15) is 0 Å². The first-order valence-electron chi connectivity index (χ1n) is 6.50. The van der Waals surface area contributed by atoms with Gasteiger partial charge in [-0.1, -0.05) is 41.4 Å². The molecule has 3 rings (SSSR count). The van der Waals surface area contributed by atoms with Crippen LogP contribution in [0.25, 0.3) is 22.0 Å². The minimum absolute atomic E-state index is 0.609. The van der Waals surface area contributed by atoms with E-state index in [1.54, 1.807) is 13.2 Å². The molecular weight excluding hydrogens is 305 g/mol. The van der Waals surface area contributed by atoms with Gasteiger partial charge in [0.05, 0.1) is 12.6 Å². The zero-order valence-electron chi connectivity index (χ0n) is 11.7. The fourth-order valence-corrected chi connectivity index (χ4v) is 2.94. The summed E-state index contributed by atoms with van der Waals surface area (Å²) < 4.78 is 5.45. The fourth-order valence-electron chi connectivity index (χ4n) is 2.43. The number of benzene rings is 2. The van der Waals surface area contributed by atoms with Crippen LogP contribution in [-0.2, 0) is 0 Å². The van der Waals surface area contributed by atoms with Crippen molar-refractivity contribution in [1.82, 2.24) is 4.98 Å². The van der Waals surface area contributed by atoms with Crippen LogP contribution in [0.3, 0.4) is 0 Å². The molecule has 0 bridgehead atoms. The number of aromatic nitrogens is 1. The molecule has 4 heteroatoms. The van der Waals surface area contributed by atoms with Crippen LogP contribution in [0.1, 0.15) is 5.69 Å². The van der Waals surface area contributed by atoms with E-state index in [-0.39, 0.29) is 0 Å². The maximum absolute atomic E-state index is 6.33. The van der Waals surface area contributed by atoms with Crippen molar-refractivity contribution in [2.75, 3.05) is 7.11 Å². The molecule has 0 saturated carbocycles. The molecular formula is C17H13Cl2NO. The smallest absolute Gasteiger partial charge is 0.130 e. The van der Waals surface area contributed by atoms with Gasteiger partial charge in [0.2, 0.25) is 0 Å². The summed E-state index contributed by atoms with van der Waals surface area (Å²) in [6.07, 6.45) is 0. The van der Waals surface area contributed by atoms with Crippen molar-refractivity contribution < 1.29 is 4.74 Å². The first-order valence-corrected chi connectivity index (χ1v) is 7.25. The molecule has 2 aromatic carbocycles. The van der Waals surface area contributed by atoms with Crippen LogP contribution in [0, 0.1) is 6.92 Å². The molecule has 1 aromatic heterocycles. The Morgan fingerprint density at radius 1 is 1.00 bits per heavy atom. The molecule has 0 N–H and O–H groups in total. The third-order valence-electron chi connectivity index (χ3n) is 3.37. The number of aryl methyl sites for hydroxylation is 1. The quantitative estimate of drug-likeness (QED) is 0.620. The maximum atomic E-state index is 6.33. The number of para-hydroxylation sites is 1. The second-order valence-electron chi connectivity index (χ2n) is 4.79. The van der Waals surface area contributed by atoms with Crippen LogP contribution in [0.4, 0.5) is 0 Å². The number of halogens is 2. The van der Waals surface area contributed by atoms with Crippen LogP contribution in [0.2, 0.25) is 10.0 Å². The van der Waals surface area contributed by atoms with Crippen LogP contribution in [0.15, 0.2) is 42.5 Å². The summed E-state index contributed by atoms with van der Waals surface area (Å²) in [5, 5.41) is 2.19. The average molecular weight is 318 g/mol. The highest BCUT2D eigenvalue weighted by atomic mass is 35.5. The lowest BCUT2D eigenvalue weighted by Crippen LogP contribution is -1.92. The van der Waals surface area contributed by atoms with Crippen molar-refractivity contribution in [2.24, 2.45) is 0 Å². The number of fused-ring (bicyclic) bond motifs is 1. The van der Waals surface area contributed by atoms with Gasteiger partial charge in [0, 0.05) is 38.3 Å². The molecule has 0 unspecified atom stereocenters. The molecule has 0 radical (unpaired) electrons. The van der Waals surface area contributed by atoms with Gasteiger partial charge in [-0.05, 0) is 25.1 Å². The van der Waals surface area contributed by atoms with Crippen molar-refractivity contribution in [1.29, 1.82) is 0 Å². The van der Waals surface area contributed by atoms with Gasteiger partial charge in [0.1, 0.15) is 5.75 Å². The lowest BCUT2D eigenvalue weighted by Gasteiger charge is -2.12. The Morgan fingerprint density at radius 3 is 2.52 bits per heavy atom. The average Bonchev–Trinajstić information content (AvgIpc) is 2.46. The highest BCUT2D eigenvalue weighted by molar-refractivity contribution is 6.36. The molecule has 1 heterocycles. The lowest BCUT2D eigenvalue weighted by molar-refractivity contribution is 0.419. The van der Waals surface area contributed by atoms with Gasteiger partial charge >= 0.3 is 0 Å². The summed E-state index contributed by atoms with van der Waals surface area (Å²) in [6, 6.07) is 13.4. The van der Waals surface area contributed by atoms with E-state index in [2.05, 4.69) is 4.98 Å². The van der Waals surface area contributed by atoms with E-state index >= 15 is 0 Å². The van der Waals surface area contributed by atoms with Gasteiger partial charge in [-0.3, -0.25) is 4.98 Å². The van der Waals surface area contributed by atoms with E-state index in [0.717, 1.165) is 33.5 Å². The molecule has 0 aliphatic heterocycles. The zero-order valence-corrected chi connectivity index (χ0v) is 13.2. The van der Waals surface area contributed by atoms with Crippen molar-refractivity contribution in [2.45, 2.75) is 6.92 Å². The molecule has 21 heavy (non-hydrogen) atoms. The Morgan fingerprint density at radius 2 is 1.81 bits per heavy atom. The van der Waals surface area contributed by atoms with Gasteiger partial charge in [0.25, 0.3) is 0 Å². The van der Waals surface area contributed by atoms with E-state index in [4.69, 9.17) is 27.9 Å². The molecule has 0 atom stereocenters. The van der Waals surface area contributed by atoms with Gasteiger partial charge in [0.15, 0.2) is 0 Å². The van der Waals surface area contributed by atoms with Crippen LogP contribution in [0.5, 0.6) is 5.75 Å². The van der Waals surface area contributed by atoms with Crippen molar-refractivity contribution in [3.63, 3.8) is 0 Å². The summed E-state index contributed by atoms with van der Waals surface area (Å²) in [5.41, 5.74) is 3.65. The second-order valence-corrected chi connectivity index (χ2v) is 5.64. The number of nitrogens with zero attached hydrogens (tertiary/aromatic N) is 1. The normalized spacial score (nSPS) is 10.9. The third kappa shape index (κ3) is 2.57. The summed E-state index contributed by atoms with van der Waals surface area (Å²) in [6.45, 7) is 1.95. The minimum Gasteiger partial charge on any atom is -0.496 e. The van der Waals surface area contributed by atoms with E-state index in [1.165, 1.54) is 0 Å². The summed E-state index contributed by atoms with van der Waals surface area (Å²) in [5.74, 6) is 0.810. The Kier molecular flexibility index (Phi) is 3.75. The topological polar surface area (TPSA) is 22.1 Å². The lowest BCUT2D eigenvalue weighted by atomic mass is 10.0. The molecule has 3 aromatic rings. The standard InChI is InChI=1S/C17H13Cl2NO/c1-10-8-16(21-2)14-5-3-4-13(17(14)20-10)12-7-6-11(18)9-15(12)19/h3-9H,1-2H3. The number of ether oxygens (including phenoxy) is 1. The van der Waals surface area contributed by atoms with Crippen LogP contribution >= 0.6 is 23.2 Å². The van der Waals surface area contributed by atoms with E-state index in [9.17, 15) is 0 Å². The second kappa shape index (κ2) is 5.55. The molecule has 106 valence electrons. The van der Waals surface area contributed by atoms with Crippen molar-refractivity contribution >= 4 is 34.1 Å². The summed E-state index contributed by atoms with van der Waals surface area (Å²) >= 11 is 12.3. The number of pyridine rings is 1. The first kappa shape index (κ1) is 14.2. The zero-order chi connectivity index (χ0) is 15.0. The Labute approximate surface area is 133 Å². The number of methoxy groups -OCH3 is 1. The Hall–Kier alpha value is -1.77. The van der Waals surface area contributed by atoms with E-state index in [0.29, 0.717) is 10.0 Å². The maximum Gasteiger partial charge on any atom is 0.130 e. The van der Waals surface area contributed by atoms with Crippen LogP contribution < -0.4 is 4.74 Å². The third-order valence-corrected chi connectivity index (χ3v) is 3.92. The van der Waals surface area contributed by atoms with Crippen molar-refractivity contribution in [3.8, 4) is 16.9 Å². The largest absolute Gasteiger partial charge is 0.496 e. The molecule has 0 fully saturated rings. The highest BCUT2D eigenvalue weighted by Crippen LogP contribution is 2.36. The van der Waals surface area contributed by atoms with Gasteiger partial charge < -0.3 is 4.74 Å². The molecule has 0 aliphatic carbocycles. The SMILES string of the molecule is COc1cc(C)nc2c(-c3ccc(Cl)cc3Cl)cccc12. The monoisotopic (exact) mass is 317 g/mol. The number of rotatable bonds is 2. The molecule has 0 spiro atoms. The summed E-state index contributed by atoms with van der Waals surface area (Å²) in [7, 11) is 1.66. The van der Waals surface area contributed by atoms with Crippen LogP contribution in [-0.4, -0.2) is 12.1 Å². The molecule has 0 amide bonds. The van der Waals surface area contributed by atoms with Gasteiger partial charge in [-0.25, -0.2) is 0 Å². The molecule has 2 nitrogen and oxygen atoms in total. The molecule has 0 aliphatic rings. The van der Waals surface area contributed by atoms with E-state index in [1.807, 2.05) is 43.3 Å². The highest BCUT2D eigenvalue weighted by Gasteiger charge is 2.12. The van der Waals surface area contributed by atoms with Crippen molar-refractivity contribution in [3.05, 3.63) is 58.2 Å². The fraction of sp³-hybridized carbons (Fsp3) is 0.118. The van der Waals surface area contributed by atoms with Gasteiger partial charge in [-0.15, -0.1) is 0 Å². The minimum atomic E-state index is 0.609.